The lowest BCUT2D eigenvalue weighted by Gasteiger charge is -2.19. The largest absolute Gasteiger partial charge is 0.478 e. The van der Waals surface area contributed by atoms with Gasteiger partial charge >= 0.3 is 12.1 Å². The average molecular weight is 397 g/mol. The Bertz CT molecular complexity index is 1000. The second kappa shape index (κ2) is 8.02. The molecule has 6 heteroatoms. The van der Waals surface area contributed by atoms with E-state index in [0.717, 1.165) is 32.5 Å². The Kier molecular flexibility index (Phi) is 5.70. The van der Waals surface area contributed by atoms with Crippen LogP contribution in [0.2, 0.25) is 0 Å². The summed E-state index contributed by atoms with van der Waals surface area (Å²) in [6.07, 6.45) is 0.300. The van der Waals surface area contributed by atoms with Crippen molar-refractivity contribution in [1.29, 1.82) is 0 Å². The van der Waals surface area contributed by atoms with Crippen LogP contribution in [0.5, 0.6) is 0 Å². The number of nitrogens with one attached hydrogen (secondary N) is 1. The van der Waals surface area contributed by atoms with Crippen molar-refractivity contribution in [3.63, 3.8) is 0 Å². The Balaban J connectivity index is 1.65. The minimum Gasteiger partial charge on any atom is -0.478 e. The van der Waals surface area contributed by atoms with Crippen LogP contribution in [0, 0.1) is 0 Å². The molecule has 5 nitrogen and oxygen atoms in total. The molecule has 0 aliphatic rings. The maximum Gasteiger partial charge on any atom is 0.407 e. The predicted molar refractivity (Wildman–Crippen MR) is 111 cm³/mol. The molecule has 0 bridgehead atoms. The fourth-order valence-corrected chi connectivity index (χ4v) is 4.03. The highest BCUT2D eigenvalue weighted by Gasteiger charge is 2.15. The molecule has 0 unspecified atom stereocenters. The molecular weight excluding hydrogens is 374 g/mol. The number of carbonyl (C=O) groups is 2. The lowest BCUT2D eigenvalue weighted by molar-refractivity contribution is 0.0523. The van der Waals surface area contributed by atoms with Crippen molar-refractivity contribution >= 4 is 33.5 Å². The first-order chi connectivity index (χ1) is 13.2. The molecule has 0 aliphatic carbocycles. The zero-order chi connectivity index (χ0) is 20.3. The smallest absolute Gasteiger partial charge is 0.407 e. The molecule has 0 atom stereocenters. The third-order valence-electron chi connectivity index (χ3n) is 4.06. The van der Waals surface area contributed by atoms with Crippen LogP contribution < -0.4 is 5.32 Å². The number of rotatable bonds is 5. The minimum atomic E-state index is -0.902. The molecule has 0 spiro atoms. The highest BCUT2D eigenvalue weighted by molar-refractivity contribution is 7.19. The van der Waals surface area contributed by atoms with E-state index in [2.05, 4.69) is 5.32 Å². The quantitative estimate of drug-likeness (QED) is 0.619. The van der Waals surface area contributed by atoms with Gasteiger partial charge in [0.2, 0.25) is 0 Å². The molecule has 1 amide bonds. The zero-order valence-electron chi connectivity index (χ0n) is 16.1. The van der Waals surface area contributed by atoms with Gasteiger partial charge in [-0.15, -0.1) is 11.3 Å². The molecule has 0 radical (unpaired) electrons. The van der Waals surface area contributed by atoms with Crippen molar-refractivity contribution in [3.8, 4) is 0 Å². The first-order valence-electron chi connectivity index (χ1n) is 9.01. The Morgan fingerprint density at radius 3 is 2.39 bits per heavy atom. The van der Waals surface area contributed by atoms with Crippen LogP contribution in [0.4, 0.5) is 4.79 Å². The van der Waals surface area contributed by atoms with Gasteiger partial charge in [0.15, 0.2) is 0 Å². The maximum atomic E-state index is 11.7. The fraction of sp³-hybridized carbons (Fsp3) is 0.273. The molecular formula is C22H23NO4S. The van der Waals surface area contributed by atoms with Crippen molar-refractivity contribution in [2.24, 2.45) is 0 Å². The number of amides is 1. The van der Waals surface area contributed by atoms with Crippen molar-refractivity contribution in [2.45, 2.75) is 39.3 Å². The van der Waals surface area contributed by atoms with Gasteiger partial charge in [-0.3, -0.25) is 0 Å². The highest BCUT2D eigenvalue weighted by atomic mass is 32.1. The number of alkyl carbamates (subject to hydrolysis) is 1. The molecule has 146 valence electrons. The summed E-state index contributed by atoms with van der Waals surface area (Å²) < 4.78 is 6.04. The summed E-state index contributed by atoms with van der Waals surface area (Å²) in [4.78, 5) is 24.2. The Morgan fingerprint density at radius 2 is 1.75 bits per heavy atom. The van der Waals surface area contributed by atoms with Crippen molar-refractivity contribution in [3.05, 3.63) is 70.1 Å². The number of carboxylic acids is 1. The van der Waals surface area contributed by atoms with E-state index in [4.69, 9.17) is 4.74 Å². The summed E-state index contributed by atoms with van der Waals surface area (Å²) in [6.45, 7) is 5.89. The van der Waals surface area contributed by atoms with Crippen LogP contribution in [0.25, 0.3) is 10.1 Å². The molecule has 0 aliphatic heterocycles. The zero-order valence-corrected chi connectivity index (χ0v) is 16.9. The van der Waals surface area contributed by atoms with Crippen LogP contribution >= 0.6 is 11.3 Å². The van der Waals surface area contributed by atoms with E-state index in [0.29, 0.717) is 12.1 Å². The molecule has 0 fully saturated rings. The third-order valence-corrected chi connectivity index (χ3v) is 5.25. The number of ether oxygens (including phenoxy) is 1. The lowest BCUT2D eigenvalue weighted by atomic mass is 10.1. The number of carbonyl (C=O) groups excluding carboxylic acids is 1. The Hall–Kier alpha value is -2.86. The molecule has 28 heavy (non-hydrogen) atoms. The van der Waals surface area contributed by atoms with Crippen LogP contribution in [-0.4, -0.2) is 22.8 Å². The second-order valence-corrected chi connectivity index (χ2v) is 8.73. The van der Waals surface area contributed by atoms with Gasteiger partial charge in [-0.2, -0.15) is 0 Å². The van der Waals surface area contributed by atoms with Gasteiger partial charge < -0.3 is 15.2 Å². The van der Waals surface area contributed by atoms with E-state index < -0.39 is 17.7 Å². The topological polar surface area (TPSA) is 75.6 Å². The lowest BCUT2D eigenvalue weighted by Crippen LogP contribution is -2.32. The van der Waals surface area contributed by atoms with Crippen LogP contribution in [0.3, 0.4) is 0 Å². The number of thiophene rings is 1. The SMILES string of the molecule is CC(C)(C)OC(=O)NCc1ccc(Cc2cc3cccc(C(=O)O)c3s2)cc1. The van der Waals surface area contributed by atoms with Crippen LogP contribution in [0.1, 0.15) is 47.1 Å². The second-order valence-electron chi connectivity index (χ2n) is 7.59. The average Bonchev–Trinajstić information content (AvgIpc) is 3.01. The number of carboxylic acid groups (broad SMARTS) is 1. The Labute approximate surface area is 168 Å². The number of benzene rings is 2. The van der Waals surface area contributed by atoms with Crippen molar-refractivity contribution in [1.82, 2.24) is 5.32 Å². The fourth-order valence-electron chi connectivity index (χ4n) is 2.84. The normalized spacial score (nSPS) is 11.4. The monoisotopic (exact) mass is 397 g/mol. The molecule has 1 aromatic heterocycles. The summed E-state index contributed by atoms with van der Waals surface area (Å²) in [5.41, 5.74) is 1.94. The van der Waals surface area contributed by atoms with E-state index in [1.165, 1.54) is 11.3 Å². The van der Waals surface area contributed by atoms with E-state index in [9.17, 15) is 14.7 Å². The summed E-state index contributed by atoms with van der Waals surface area (Å²) in [5, 5.41) is 13.0. The minimum absolute atomic E-state index is 0.345. The molecule has 1 heterocycles. The standard InChI is InChI=1S/C22H23NO4S/c1-22(2,3)27-21(26)23-13-15-9-7-14(8-10-15)11-17-12-16-5-4-6-18(20(24)25)19(16)28-17/h4-10,12H,11,13H2,1-3H3,(H,23,26)(H,24,25). The van der Waals surface area contributed by atoms with Crippen LogP contribution in [-0.2, 0) is 17.7 Å². The number of hydrogen-bond donors (Lipinski definition) is 2. The van der Waals surface area contributed by atoms with Crippen LogP contribution in [0.15, 0.2) is 48.5 Å². The van der Waals surface area contributed by atoms with E-state index in [-0.39, 0.29) is 0 Å². The van der Waals surface area contributed by atoms with Gasteiger partial charge in [-0.1, -0.05) is 36.4 Å². The van der Waals surface area contributed by atoms with Crippen molar-refractivity contribution in [2.75, 3.05) is 0 Å². The third kappa shape index (κ3) is 5.10. The first-order valence-corrected chi connectivity index (χ1v) is 9.82. The summed E-state index contributed by atoms with van der Waals surface area (Å²) in [6, 6.07) is 15.4. The van der Waals surface area contributed by atoms with E-state index in [1.54, 1.807) is 12.1 Å². The summed E-state index contributed by atoms with van der Waals surface area (Å²) in [5.74, 6) is -0.902. The van der Waals surface area contributed by atoms with E-state index >= 15 is 0 Å². The first kappa shape index (κ1) is 19.9. The van der Waals surface area contributed by atoms with Gasteiger partial charge in [0, 0.05) is 22.5 Å². The molecule has 3 rings (SSSR count). The molecule has 0 saturated carbocycles. The van der Waals surface area contributed by atoms with Gasteiger partial charge in [-0.05, 0) is 49.4 Å². The molecule has 2 N–H and O–H groups in total. The summed E-state index contributed by atoms with van der Waals surface area (Å²) in [7, 11) is 0. The van der Waals surface area contributed by atoms with Gasteiger partial charge in [0.1, 0.15) is 5.60 Å². The van der Waals surface area contributed by atoms with E-state index in [1.807, 2.05) is 57.2 Å². The number of fused-ring (bicyclic) bond motifs is 1. The molecule has 0 saturated heterocycles. The van der Waals surface area contributed by atoms with Gasteiger partial charge in [0.25, 0.3) is 0 Å². The van der Waals surface area contributed by atoms with Gasteiger partial charge in [0.05, 0.1) is 5.56 Å². The molecule has 2 aromatic carbocycles. The van der Waals surface area contributed by atoms with Crippen molar-refractivity contribution < 1.29 is 19.4 Å². The Morgan fingerprint density at radius 1 is 1.07 bits per heavy atom. The molecule has 3 aromatic rings. The van der Waals surface area contributed by atoms with Gasteiger partial charge in [-0.25, -0.2) is 9.59 Å². The summed E-state index contributed by atoms with van der Waals surface area (Å²) >= 11 is 1.52. The number of hydrogen-bond acceptors (Lipinski definition) is 4. The maximum absolute atomic E-state index is 11.7. The number of aromatic carboxylic acids is 1. The predicted octanol–water partition coefficient (Wildman–Crippen LogP) is 5.22. The highest BCUT2D eigenvalue weighted by Crippen LogP contribution is 2.30.